The largest absolute Gasteiger partial charge is 0.459 e. The molecule has 0 aliphatic heterocycles. The van der Waals surface area contributed by atoms with Gasteiger partial charge in [0.1, 0.15) is 5.69 Å². The van der Waals surface area contributed by atoms with E-state index in [-0.39, 0.29) is 23.4 Å². The monoisotopic (exact) mass is 381 g/mol. The van der Waals surface area contributed by atoms with Crippen molar-refractivity contribution in [2.24, 2.45) is 0 Å². The normalized spacial score (nSPS) is 11.9. The second kappa shape index (κ2) is 9.20. The molecule has 0 saturated heterocycles. The first-order valence-electron chi connectivity index (χ1n) is 8.66. The van der Waals surface area contributed by atoms with Crippen molar-refractivity contribution in [3.8, 4) is 0 Å². The lowest BCUT2D eigenvalue weighted by atomic mass is 10.1. The van der Waals surface area contributed by atoms with Crippen LogP contribution in [0.25, 0.3) is 0 Å². The van der Waals surface area contributed by atoms with Crippen molar-refractivity contribution in [1.82, 2.24) is 15.6 Å². The molecular weight excluding hydrogens is 354 g/mol. The number of carbonyl (C=O) groups excluding carboxylic acids is 4. The number of esters is 2. The van der Waals surface area contributed by atoms with E-state index in [0.717, 1.165) is 0 Å². The number of aromatic amines is 1. The minimum absolute atomic E-state index is 0.0505. The fourth-order valence-electron chi connectivity index (χ4n) is 2.32. The molecule has 1 aromatic rings. The third-order valence-corrected chi connectivity index (χ3v) is 3.50. The van der Waals surface area contributed by atoms with Crippen LogP contribution in [-0.4, -0.2) is 47.1 Å². The molecule has 1 atom stereocenters. The quantitative estimate of drug-likeness (QED) is 0.647. The fraction of sp³-hybridized carbons (Fsp3) is 0.556. The lowest BCUT2D eigenvalue weighted by Gasteiger charge is -2.14. The molecule has 0 saturated carbocycles. The summed E-state index contributed by atoms with van der Waals surface area (Å²) in [6, 6.07) is -0.826. The Morgan fingerprint density at radius 1 is 0.926 bits per heavy atom. The van der Waals surface area contributed by atoms with Gasteiger partial charge in [-0.3, -0.25) is 10.1 Å². The van der Waals surface area contributed by atoms with Gasteiger partial charge in [0.15, 0.2) is 6.10 Å². The first kappa shape index (κ1) is 22.2. The molecule has 1 aromatic heterocycles. The third-order valence-electron chi connectivity index (χ3n) is 3.50. The predicted molar refractivity (Wildman–Crippen MR) is 97.5 cm³/mol. The Morgan fingerprint density at radius 2 is 1.52 bits per heavy atom. The van der Waals surface area contributed by atoms with Gasteiger partial charge in [-0.2, -0.15) is 0 Å². The van der Waals surface area contributed by atoms with Gasteiger partial charge in [-0.05, 0) is 54.0 Å². The molecule has 0 fully saturated rings. The SMILES string of the molecule is Cc1[nH]c(C(=O)O[C@H](C)C(=O)NC(=O)NC(C)C)c(C)c1C(=O)OC(C)C. The van der Waals surface area contributed by atoms with Crippen LogP contribution in [0.4, 0.5) is 4.79 Å². The molecule has 0 bridgehead atoms. The van der Waals surface area contributed by atoms with Crippen LogP contribution in [0.3, 0.4) is 0 Å². The summed E-state index contributed by atoms with van der Waals surface area (Å²) in [5.74, 6) is -2.13. The van der Waals surface area contributed by atoms with Crippen molar-refractivity contribution < 1.29 is 28.7 Å². The topological polar surface area (TPSA) is 127 Å². The van der Waals surface area contributed by atoms with Gasteiger partial charge < -0.3 is 19.8 Å². The maximum atomic E-state index is 12.4. The summed E-state index contributed by atoms with van der Waals surface area (Å²) in [6.07, 6.45) is -1.51. The highest BCUT2D eigenvalue weighted by Crippen LogP contribution is 2.20. The van der Waals surface area contributed by atoms with Crippen molar-refractivity contribution in [3.63, 3.8) is 0 Å². The number of imide groups is 1. The standard InChI is InChI=1S/C18H27N3O6/c1-8(2)19-18(25)21-15(22)12(7)27-17(24)14-10(5)13(11(6)20-14)16(23)26-9(3)4/h8-9,12,20H,1-7H3,(H2,19,21,22,25)/t12-/m1/s1. The molecule has 0 aromatic carbocycles. The van der Waals surface area contributed by atoms with Crippen LogP contribution in [0, 0.1) is 13.8 Å². The Bertz CT molecular complexity index is 736. The summed E-state index contributed by atoms with van der Waals surface area (Å²) in [7, 11) is 0. The summed E-state index contributed by atoms with van der Waals surface area (Å²) in [5, 5.41) is 4.58. The molecule has 3 N–H and O–H groups in total. The van der Waals surface area contributed by atoms with Crippen molar-refractivity contribution in [3.05, 3.63) is 22.5 Å². The Kier molecular flexibility index (Phi) is 7.56. The van der Waals surface area contributed by atoms with E-state index < -0.39 is 30.0 Å². The molecule has 1 heterocycles. The van der Waals surface area contributed by atoms with Crippen LogP contribution in [0.2, 0.25) is 0 Å². The number of hydrogen-bond donors (Lipinski definition) is 3. The molecular formula is C18H27N3O6. The number of hydrogen-bond acceptors (Lipinski definition) is 6. The Hall–Kier alpha value is -2.84. The highest BCUT2D eigenvalue weighted by atomic mass is 16.6. The lowest BCUT2D eigenvalue weighted by Crippen LogP contribution is -2.46. The van der Waals surface area contributed by atoms with E-state index in [1.54, 1.807) is 41.5 Å². The van der Waals surface area contributed by atoms with Crippen LogP contribution < -0.4 is 10.6 Å². The second-order valence-corrected chi connectivity index (χ2v) is 6.74. The van der Waals surface area contributed by atoms with Crippen molar-refractivity contribution in [2.75, 3.05) is 0 Å². The summed E-state index contributed by atoms with van der Waals surface area (Å²) < 4.78 is 10.3. The van der Waals surface area contributed by atoms with E-state index in [4.69, 9.17) is 9.47 Å². The summed E-state index contributed by atoms with van der Waals surface area (Å²) in [4.78, 5) is 50.8. The zero-order chi connectivity index (χ0) is 20.9. The van der Waals surface area contributed by atoms with Gasteiger partial charge in [0.25, 0.3) is 5.91 Å². The molecule has 27 heavy (non-hydrogen) atoms. The van der Waals surface area contributed by atoms with Gasteiger partial charge in [-0.1, -0.05) is 0 Å². The summed E-state index contributed by atoms with van der Waals surface area (Å²) in [6.45, 7) is 11.5. The van der Waals surface area contributed by atoms with Crippen LogP contribution in [0.5, 0.6) is 0 Å². The lowest BCUT2D eigenvalue weighted by molar-refractivity contribution is -0.127. The maximum Gasteiger partial charge on any atom is 0.355 e. The number of nitrogens with one attached hydrogen (secondary N) is 3. The highest BCUT2D eigenvalue weighted by molar-refractivity contribution is 6.00. The minimum Gasteiger partial charge on any atom is -0.459 e. The first-order valence-corrected chi connectivity index (χ1v) is 8.66. The summed E-state index contributed by atoms with van der Waals surface area (Å²) in [5.41, 5.74) is 1.13. The molecule has 1 rings (SSSR count). The molecule has 0 aliphatic rings. The Balaban J connectivity index is 2.84. The minimum atomic E-state index is -1.20. The molecule has 0 radical (unpaired) electrons. The van der Waals surface area contributed by atoms with Crippen LogP contribution in [0.15, 0.2) is 0 Å². The van der Waals surface area contributed by atoms with Gasteiger partial charge in [0.2, 0.25) is 0 Å². The summed E-state index contributed by atoms with van der Waals surface area (Å²) >= 11 is 0. The number of carbonyl (C=O) groups is 4. The number of H-pyrrole nitrogens is 1. The molecule has 150 valence electrons. The molecule has 9 nitrogen and oxygen atoms in total. The zero-order valence-electron chi connectivity index (χ0n) is 16.7. The number of aromatic nitrogens is 1. The molecule has 0 aliphatic carbocycles. The Labute approximate surface area is 158 Å². The van der Waals surface area contributed by atoms with E-state index >= 15 is 0 Å². The number of rotatable bonds is 6. The third kappa shape index (κ3) is 6.12. The van der Waals surface area contributed by atoms with Crippen LogP contribution in [-0.2, 0) is 14.3 Å². The smallest absolute Gasteiger partial charge is 0.355 e. The fourth-order valence-corrected chi connectivity index (χ4v) is 2.32. The molecule has 0 unspecified atom stereocenters. The van der Waals surface area contributed by atoms with E-state index in [2.05, 4.69) is 15.6 Å². The number of amides is 3. The van der Waals surface area contributed by atoms with E-state index in [1.807, 2.05) is 0 Å². The predicted octanol–water partition coefficient (Wildman–Crippen LogP) is 1.98. The van der Waals surface area contributed by atoms with Crippen molar-refractivity contribution in [1.29, 1.82) is 0 Å². The second-order valence-electron chi connectivity index (χ2n) is 6.74. The average Bonchev–Trinajstić information content (AvgIpc) is 2.80. The number of ether oxygens (including phenoxy) is 2. The van der Waals surface area contributed by atoms with Gasteiger partial charge in [0, 0.05) is 11.7 Å². The highest BCUT2D eigenvalue weighted by Gasteiger charge is 2.27. The van der Waals surface area contributed by atoms with Crippen LogP contribution in [0.1, 0.15) is 66.7 Å². The average molecular weight is 381 g/mol. The molecule has 3 amide bonds. The van der Waals surface area contributed by atoms with E-state index in [9.17, 15) is 19.2 Å². The Morgan fingerprint density at radius 3 is 2.04 bits per heavy atom. The molecule has 0 spiro atoms. The number of aryl methyl sites for hydroxylation is 1. The zero-order valence-corrected chi connectivity index (χ0v) is 16.7. The maximum absolute atomic E-state index is 12.4. The number of urea groups is 1. The van der Waals surface area contributed by atoms with Crippen molar-refractivity contribution in [2.45, 2.75) is 66.7 Å². The first-order chi connectivity index (χ1) is 12.4. The van der Waals surface area contributed by atoms with Gasteiger partial charge in [0.05, 0.1) is 11.7 Å². The van der Waals surface area contributed by atoms with Gasteiger partial charge in [-0.25, -0.2) is 14.4 Å². The molecule has 9 heteroatoms. The van der Waals surface area contributed by atoms with E-state index in [0.29, 0.717) is 11.3 Å². The van der Waals surface area contributed by atoms with Crippen LogP contribution >= 0.6 is 0 Å². The van der Waals surface area contributed by atoms with E-state index in [1.165, 1.54) is 6.92 Å². The van der Waals surface area contributed by atoms with Gasteiger partial charge >= 0.3 is 18.0 Å². The van der Waals surface area contributed by atoms with Gasteiger partial charge in [-0.15, -0.1) is 0 Å². The van der Waals surface area contributed by atoms with Crippen molar-refractivity contribution >= 4 is 23.9 Å².